The van der Waals surface area contributed by atoms with Gasteiger partial charge in [-0.15, -0.1) is 0 Å². The Labute approximate surface area is 162 Å². The quantitative estimate of drug-likeness (QED) is 0.801. The van der Waals surface area contributed by atoms with Crippen LogP contribution in [0.1, 0.15) is 50.1 Å². The van der Waals surface area contributed by atoms with Gasteiger partial charge in [-0.2, -0.15) is 0 Å². The minimum absolute atomic E-state index is 0.197. The molecule has 0 aromatic carbocycles. The van der Waals surface area contributed by atoms with Gasteiger partial charge in [-0.05, 0) is 61.5 Å². The number of aromatic nitrogens is 3. The minimum Gasteiger partial charge on any atom is -0.393 e. The molecule has 0 unspecified atom stereocenters. The van der Waals surface area contributed by atoms with E-state index in [4.69, 9.17) is 4.98 Å². The van der Waals surface area contributed by atoms with Crippen LogP contribution < -0.4 is 10.7 Å². The molecule has 0 spiro atoms. The zero-order valence-corrected chi connectivity index (χ0v) is 15.6. The standard InChI is InChI=1S/C22H23FN4O/c23-15-3-1-14(2-4-15)20-21(18-9-11-24-22-19(18)10-12-25-22)27(13-26-20)16-5-7-17(28)8-6-16/h1,3-4,10-13,16-17,25,28H,2,5-9H2. The van der Waals surface area contributed by atoms with Gasteiger partial charge in [0.25, 0.3) is 0 Å². The summed E-state index contributed by atoms with van der Waals surface area (Å²) in [6, 6.07) is 2.38. The molecule has 2 aromatic rings. The number of allylic oxidation sites excluding steroid dienone is 4. The molecule has 3 heterocycles. The van der Waals surface area contributed by atoms with Crippen molar-refractivity contribution in [3.63, 3.8) is 0 Å². The van der Waals surface area contributed by atoms with Crippen molar-refractivity contribution in [2.75, 3.05) is 0 Å². The van der Waals surface area contributed by atoms with E-state index in [1.54, 1.807) is 6.08 Å². The SMILES string of the molecule is OC1CCC(n2cnc(=C3C=CC(F)=CC3)c2=C2CC=Nc3[nH]ccc32)CC1. The maximum absolute atomic E-state index is 13.5. The maximum atomic E-state index is 13.5. The second kappa shape index (κ2) is 7.02. The molecule has 2 aliphatic carbocycles. The summed E-state index contributed by atoms with van der Waals surface area (Å²) in [6.07, 6.45) is 15.3. The van der Waals surface area contributed by atoms with E-state index >= 15 is 0 Å². The Morgan fingerprint density at radius 2 is 2.00 bits per heavy atom. The fraction of sp³-hybridized carbons (Fsp3) is 0.364. The van der Waals surface area contributed by atoms with Crippen molar-refractivity contribution in [1.82, 2.24) is 14.5 Å². The molecule has 144 valence electrons. The molecule has 0 saturated heterocycles. The van der Waals surface area contributed by atoms with E-state index in [1.165, 1.54) is 11.6 Å². The van der Waals surface area contributed by atoms with Gasteiger partial charge >= 0.3 is 0 Å². The lowest BCUT2D eigenvalue weighted by Gasteiger charge is -2.27. The molecule has 3 aliphatic rings. The molecule has 28 heavy (non-hydrogen) atoms. The number of fused-ring (bicyclic) bond motifs is 1. The maximum Gasteiger partial charge on any atom is 0.137 e. The molecule has 1 aliphatic heterocycles. The van der Waals surface area contributed by atoms with E-state index in [0.717, 1.165) is 59.8 Å². The second-order valence-electron chi connectivity index (χ2n) is 7.70. The Bertz CT molecular complexity index is 1110. The van der Waals surface area contributed by atoms with Gasteiger partial charge in [-0.3, -0.25) is 0 Å². The van der Waals surface area contributed by atoms with Crippen molar-refractivity contribution in [3.8, 4) is 0 Å². The first-order chi connectivity index (χ1) is 13.7. The third-order valence-corrected chi connectivity index (χ3v) is 5.97. The molecule has 5 nitrogen and oxygen atoms in total. The lowest BCUT2D eigenvalue weighted by Crippen LogP contribution is -2.38. The Morgan fingerprint density at radius 1 is 1.14 bits per heavy atom. The summed E-state index contributed by atoms with van der Waals surface area (Å²) in [6.45, 7) is 0. The molecular weight excluding hydrogens is 355 g/mol. The molecule has 2 N–H and O–H groups in total. The molecule has 0 bridgehead atoms. The molecule has 6 heteroatoms. The second-order valence-corrected chi connectivity index (χ2v) is 7.70. The minimum atomic E-state index is -0.198. The number of aliphatic imine (C=N–C) groups is 1. The third-order valence-electron chi connectivity index (χ3n) is 5.97. The molecule has 1 saturated carbocycles. The summed E-state index contributed by atoms with van der Waals surface area (Å²) in [5.41, 5.74) is 3.32. The number of nitrogens with one attached hydrogen (secondary N) is 1. The summed E-state index contributed by atoms with van der Waals surface area (Å²) in [5, 5.41) is 11.9. The summed E-state index contributed by atoms with van der Waals surface area (Å²) in [4.78, 5) is 12.4. The smallest absolute Gasteiger partial charge is 0.137 e. The normalized spacial score (nSPS) is 28.3. The van der Waals surface area contributed by atoms with Crippen LogP contribution in [0.5, 0.6) is 0 Å². The Hall–Kier alpha value is -2.73. The Balaban J connectivity index is 1.76. The average Bonchev–Trinajstić information content (AvgIpc) is 3.36. The van der Waals surface area contributed by atoms with Crippen LogP contribution in [0, 0.1) is 0 Å². The van der Waals surface area contributed by atoms with Crippen LogP contribution in [0.3, 0.4) is 0 Å². The summed E-state index contributed by atoms with van der Waals surface area (Å²) in [7, 11) is 0. The topological polar surface area (TPSA) is 66.2 Å². The number of nitrogens with zero attached hydrogens (tertiary/aromatic N) is 3. The highest BCUT2D eigenvalue weighted by Crippen LogP contribution is 2.30. The van der Waals surface area contributed by atoms with Gasteiger partial charge in [-0.25, -0.2) is 14.4 Å². The largest absolute Gasteiger partial charge is 0.393 e. The summed E-state index contributed by atoms with van der Waals surface area (Å²) >= 11 is 0. The van der Waals surface area contributed by atoms with Gasteiger partial charge in [0.15, 0.2) is 0 Å². The van der Waals surface area contributed by atoms with Crippen LogP contribution in [0.15, 0.2) is 47.6 Å². The fourth-order valence-corrected chi connectivity index (χ4v) is 4.48. The van der Waals surface area contributed by atoms with Crippen LogP contribution in [-0.2, 0) is 0 Å². The van der Waals surface area contributed by atoms with Crippen molar-refractivity contribution in [2.45, 2.75) is 50.7 Å². The Morgan fingerprint density at radius 3 is 2.79 bits per heavy atom. The summed E-state index contributed by atoms with van der Waals surface area (Å²) in [5.74, 6) is 0.672. The van der Waals surface area contributed by atoms with E-state index in [1.807, 2.05) is 24.8 Å². The number of imidazole rings is 1. The zero-order valence-electron chi connectivity index (χ0n) is 15.6. The van der Waals surface area contributed by atoms with Crippen LogP contribution in [0.2, 0.25) is 0 Å². The molecule has 2 aromatic heterocycles. The molecule has 1 fully saturated rings. The highest BCUT2D eigenvalue weighted by atomic mass is 19.1. The van der Waals surface area contributed by atoms with Crippen molar-refractivity contribution >= 4 is 23.2 Å². The third kappa shape index (κ3) is 2.98. The van der Waals surface area contributed by atoms with Crippen molar-refractivity contribution in [2.24, 2.45) is 4.99 Å². The van der Waals surface area contributed by atoms with Gasteiger partial charge in [0.1, 0.15) is 11.6 Å². The van der Waals surface area contributed by atoms with Crippen LogP contribution in [-0.4, -0.2) is 32.0 Å². The number of halogens is 1. The van der Waals surface area contributed by atoms with Gasteiger partial charge in [0.2, 0.25) is 0 Å². The number of aromatic amines is 1. The predicted molar refractivity (Wildman–Crippen MR) is 107 cm³/mol. The number of hydrogen-bond donors (Lipinski definition) is 2. The molecule has 5 rings (SSSR count). The van der Waals surface area contributed by atoms with Gasteiger partial charge in [-0.1, -0.05) is 6.08 Å². The van der Waals surface area contributed by atoms with Crippen LogP contribution >= 0.6 is 0 Å². The van der Waals surface area contributed by atoms with Crippen LogP contribution in [0.25, 0.3) is 11.1 Å². The highest BCUT2D eigenvalue weighted by molar-refractivity contribution is 5.88. The lowest BCUT2D eigenvalue weighted by molar-refractivity contribution is 0.110. The highest BCUT2D eigenvalue weighted by Gasteiger charge is 2.24. The molecular formula is C22H23FN4O. The first kappa shape index (κ1) is 17.4. The number of rotatable bonds is 1. The first-order valence-electron chi connectivity index (χ1n) is 9.92. The van der Waals surface area contributed by atoms with E-state index in [9.17, 15) is 9.50 Å². The van der Waals surface area contributed by atoms with E-state index in [0.29, 0.717) is 12.5 Å². The number of aliphatic hydroxyl groups is 1. The van der Waals surface area contributed by atoms with Crippen LogP contribution in [0.4, 0.5) is 10.2 Å². The number of hydrogen-bond acceptors (Lipinski definition) is 3. The van der Waals surface area contributed by atoms with Crippen molar-refractivity contribution in [1.29, 1.82) is 0 Å². The van der Waals surface area contributed by atoms with E-state index in [-0.39, 0.29) is 11.9 Å². The van der Waals surface area contributed by atoms with Gasteiger partial charge < -0.3 is 14.7 Å². The predicted octanol–water partition coefficient (Wildman–Crippen LogP) is 2.96. The van der Waals surface area contributed by atoms with Gasteiger partial charge in [0.05, 0.1) is 23.1 Å². The first-order valence-corrected chi connectivity index (χ1v) is 9.92. The zero-order chi connectivity index (χ0) is 19.1. The fourth-order valence-electron chi connectivity index (χ4n) is 4.48. The van der Waals surface area contributed by atoms with E-state index < -0.39 is 0 Å². The van der Waals surface area contributed by atoms with Gasteiger partial charge in [0, 0.05) is 30.4 Å². The summed E-state index contributed by atoms with van der Waals surface area (Å²) < 4.78 is 15.8. The molecule has 0 radical (unpaired) electrons. The number of H-pyrrole nitrogens is 1. The monoisotopic (exact) mass is 378 g/mol. The Kier molecular flexibility index (Phi) is 4.36. The average molecular weight is 378 g/mol. The van der Waals surface area contributed by atoms with Crippen molar-refractivity contribution in [3.05, 3.63) is 58.9 Å². The number of aliphatic hydroxyl groups excluding tert-OH is 1. The van der Waals surface area contributed by atoms with E-state index in [2.05, 4.69) is 20.6 Å². The molecule has 0 atom stereocenters. The lowest BCUT2D eigenvalue weighted by atomic mass is 9.92. The van der Waals surface area contributed by atoms with Crippen molar-refractivity contribution < 1.29 is 9.50 Å². The molecule has 0 amide bonds.